The molecule has 0 unspecified atom stereocenters. The van der Waals surface area contributed by atoms with Gasteiger partial charge in [-0.15, -0.1) is 24.8 Å². The van der Waals surface area contributed by atoms with Crippen LogP contribution in [0.3, 0.4) is 0 Å². The highest BCUT2D eigenvalue weighted by Gasteiger charge is 2.20. The molecule has 0 radical (unpaired) electrons. The Morgan fingerprint density at radius 1 is 1.00 bits per heavy atom. The summed E-state index contributed by atoms with van der Waals surface area (Å²) in [6, 6.07) is 5.72. The average molecular weight is 362 g/mol. The molecular weight excluding hydrogens is 337 g/mol. The molecule has 0 saturated carbocycles. The number of nitrogens with two attached hydrogens (primary N) is 1. The maximum Gasteiger partial charge on any atom is 0.254 e. The van der Waals surface area contributed by atoms with Crippen LogP contribution in [-0.4, -0.2) is 50.2 Å². The molecular formula is C16H25Cl2N3O2. The van der Waals surface area contributed by atoms with Crippen LogP contribution < -0.4 is 10.6 Å². The minimum absolute atomic E-state index is 0. The SMILES string of the molecule is Cl.Cl.Nc1cc(C(=O)N2CCOCC2)ccc1N1CCCCC1. The second kappa shape index (κ2) is 9.21. The molecule has 3 rings (SSSR count). The van der Waals surface area contributed by atoms with Gasteiger partial charge in [0.25, 0.3) is 5.91 Å². The van der Waals surface area contributed by atoms with E-state index in [-0.39, 0.29) is 30.7 Å². The Morgan fingerprint density at radius 2 is 1.65 bits per heavy atom. The molecule has 2 aliphatic rings. The molecule has 1 aromatic carbocycles. The molecule has 130 valence electrons. The Morgan fingerprint density at radius 3 is 2.26 bits per heavy atom. The van der Waals surface area contributed by atoms with Crippen molar-refractivity contribution in [1.29, 1.82) is 0 Å². The maximum atomic E-state index is 12.4. The number of anilines is 2. The molecule has 2 fully saturated rings. The van der Waals surface area contributed by atoms with Crippen LogP contribution in [0.1, 0.15) is 29.6 Å². The fraction of sp³-hybridized carbons (Fsp3) is 0.562. The van der Waals surface area contributed by atoms with E-state index in [1.54, 1.807) is 0 Å². The summed E-state index contributed by atoms with van der Waals surface area (Å²) in [5.74, 6) is 0.0511. The zero-order chi connectivity index (χ0) is 14.7. The lowest BCUT2D eigenvalue weighted by Gasteiger charge is -2.30. The average Bonchev–Trinajstić information content (AvgIpc) is 2.55. The second-order valence-electron chi connectivity index (χ2n) is 5.73. The van der Waals surface area contributed by atoms with E-state index in [9.17, 15) is 4.79 Å². The molecule has 1 amide bonds. The minimum Gasteiger partial charge on any atom is -0.397 e. The highest BCUT2D eigenvalue weighted by atomic mass is 35.5. The van der Waals surface area contributed by atoms with Crippen LogP contribution in [0.15, 0.2) is 18.2 Å². The van der Waals surface area contributed by atoms with Gasteiger partial charge in [-0.05, 0) is 37.5 Å². The fourth-order valence-corrected chi connectivity index (χ4v) is 3.06. The zero-order valence-corrected chi connectivity index (χ0v) is 14.8. The first-order chi connectivity index (χ1) is 10.3. The van der Waals surface area contributed by atoms with E-state index < -0.39 is 0 Å². The highest BCUT2D eigenvalue weighted by Crippen LogP contribution is 2.27. The molecule has 1 aromatic rings. The zero-order valence-electron chi connectivity index (χ0n) is 13.2. The third kappa shape index (κ3) is 4.66. The molecule has 0 aliphatic carbocycles. The third-order valence-corrected chi connectivity index (χ3v) is 4.27. The lowest BCUT2D eigenvalue weighted by Crippen LogP contribution is -2.40. The van der Waals surface area contributed by atoms with E-state index in [0.29, 0.717) is 37.6 Å². The van der Waals surface area contributed by atoms with Crippen molar-refractivity contribution in [3.63, 3.8) is 0 Å². The van der Waals surface area contributed by atoms with Gasteiger partial charge in [0.1, 0.15) is 0 Å². The van der Waals surface area contributed by atoms with Gasteiger partial charge < -0.3 is 20.3 Å². The van der Waals surface area contributed by atoms with E-state index in [1.807, 2.05) is 23.1 Å². The molecule has 0 bridgehead atoms. The number of halogens is 2. The first kappa shape index (κ1) is 19.9. The molecule has 2 saturated heterocycles. The number of nitrogen functional groups attached to an aromatic ring is 1. The molecule has 2 heterocycles. The van der Waals surface area contributed by atoms with Gasteiger partial charge in [-0.2, -0.15) is 0 Å². The van der Waals surface area contributed by atoms with Gasteiger partial charge in [-0.25, -0.2) is 0 Å². The fourth-order valence-electron chi connectivity index (χ4n) is 3.06. The number of hydrogen-bond donors (Lipinski definition) is 1. The van der Waals surface area contributed by atoms with Crippen molar-refractivity contribution in [2.75, 3.05) is 50.0 Å². The number of benzene rings is 1. The number of ether oxygens (including phenoxy) is 1. The summed E-state index contributed by atoms with van der Waals surface area (Å²) in [7, 11) is 0. The van der Waals surface area contributed by atoms with E-state index in [1.165, 1.54) is 19.3 Å². The quantitative estimate of drug-likeness (QED) is 0.822. The van der Waals surface area contributed by atoms with Crippen molar-refractivity contribution in [1.82, 2.24) is 4.90 Å². The first-order valence-corrected chi connectivity index (χ1v) is 7.77. The summed E-state index contributed by atoms with van der Waals surface area (Å²) in [5, 5.41) is 0. The van der Waals surface area contributed by atoms with Crippen molar-refractivity contribution in [3.8, 4) is 0 Å². The van der Waals surface area contributed by atoms with Gasteiger partial charge in [-0.1, -0.05) is 0 Å². The van der Waals surface area contributed by atoms with Crippen LogP contribution in [0.2, 0.25) is 0 Å². The number of hydrogen-bond acceptors (Lipinski definition) is 4. The van der Waals surface area contributed by atoms with Gasteiger partial charge in [0.2, 0.25) is 0 Å². The summed E-state index contributed by atoms with van der Waals surface area (Å²) in [6.07, 6.45) is 3.73. The maximum absolute atomic E-state index is 12.4. The summed E-state index contributed by atoms with van der Waals surface area (Å²) in [4.78, 5) is 16.6. The van der Waals surface area contributed by atoms with Crippen LogP contribution in [0.25, 0.3) is 0 Å². The summed E-state index contributed by atoms with van der Waals surface area (Å²) < 4.78 is 5.28. The predicted molar refractivity (Wildman–Crippen MR) is 98.1 cm³/mol. The smallest absolute Gasteiger partial charge is 0.254 e. The number of morpholine rings is 1. The van der Waals surface area contributed by atoms with E-state index in [0.717, 1.165) is 18.8 Å². The lowest BCUT2D eigenvalue weighted by atomic mass is 10.1. The monoisotopic (exact) mass is 361 g/mol. The molecule has 2 aliphatic heterocycles. The van der Waals surface area contributed by atoms with E-state index in [2.05, 4.69) is 4.90 Å². The summed E-state index contributed by atoms with van der Waals surface area (Å²) >= 11 is 0. The van der Waals surface area contributed by atoms with Crippen molar-refractivity contribution in [2.24, 2.45) is 0 Å². The topological polar surface area (TPSA) is 58.8 Å². The van der Waals surface area contributed by atoms with Gasteiger partial charge in [0.15, 0.2) is 0 Å². The molecule has 0 atom stereocenters. The molecule has 0 aromatic heterocycles. The predicted octanol–water partition coefficient (Wildman–Crippen LogP) is 2.58. The van der Waals surface area contributed by atoms with Crippen LogP contribution >= 0.6 is 24.8 Å². The molecule has 23 heavy (non-hydrogen) atoms. The number of amides is 1. The molecule has 5 nitrogen and oxygen atoms in total. The van der Waals surface area contributed by atoms with Gasteiger partial charge in [0, 0.05) is 31.7 Å². The van der Waals surface area contributed by atoms with Crippen LogP contribution in [0, 0.1) is 0 Å². The Bertz CT molecular complexity index is 516. The number of nitrogens with zero attached hydrogens (tertiary/aromatic N) is 2. The largest absolute Gasteiger partial charge is 0.397 e. The molecule has 7 heteroatoms. The van der Waals surface area contributed by atoms with Crippen LogP contribution in [0.4, 0.5) is 11.4 Å². The van der Waals surface area contributed by atoms with Gasteiger partial charge in [0.05, 0.1) is 24.6 Å². The normalized spacial score (nSPS) is 17.9. The second-order valence-corrected chi connectivity index (χ2v) is 5.73. The van der Waals surface area contributed by atoms with Crippen molar-refractivity contribution < 1.29 is 9.53 Å². The van der Waals surface area contributed by atoms with Gasteiger partial charge in [-0.3, -0.25) is 4.79 Å². The van der Waals surface area contributed by atoms with E-state index in [4.69, 9.17) is 10.5 Å². The molecule has 0 spiro atoms. The minimum atomic E-state index is 0. The molecule has 2 N–H and O–H groups in total. The third-order valence-electron chi connectivity index (χ3n) is 4.27. The van der Waals surface area contributed by atoms with Crippen molar-refractivity contribution >= 4 is 42.1 Å². The lowest BCUT2D eigenvalue weighted by molar-refractivity contribution is 0.0303. The standard InChI is InChI=1S/C16H23N3O2.2ClH/c17-14-12-13(16(20)19-8-10-21-11-9-19)4-5-15(14)18-6-2-1-3-7-18;;/h4-5,12H,1-3,6-11,17H2;2*1H. The van der Waals surface area contributed by atoms with Crippen LogP contribution in [-0.2, 0) is 4.74 Å². The summed E-state index contributed by atoms with van der Waals surface area (Å²) in [5.41, 5.74) is 8.63. The highest BCUT2D eigenvalue weighted by molar-refractivity contribution is 5.96. The first-order valence-electron chi connectivity index (χ1n) is 7.77. The Labute approximate surface area is 150 Å². The summed E-state index contributed by atoms with van der Waals surface area (Å²) in [6.45, 7) is 4.67. The number of carbonyl (C=O) groups excluding carboxylic acids is 1. The Hall–Kier alpha value is -1.17. The van der Waals surface area contributed by atoms with Crippen molar-refractivity contribution in [2.45, 2.75) is 19.3 Å². The Balaban J connectivity index is 0.00000132. The van der Waals surface area contributed by atoms with Crippen LogP contribution in [0.5, 0.6) is 0 Å². The van der Waals surface area contributed by atoms with Gasteiger partial charge >= 0.3 is 0 Å². The van der Waals surface area contributed by atoms with Crippen molar-refractivity contribution in [3.05, 3.63) is 23.8 Å². The Kier molecular flexibility index (Phi) is 7.95. The number of carbonyl (C=O) groups is 1. The van der Waals surface area contributed by atoms with E-state index >= 15 is 0 Å². The number of rotatable bonds is 2. The number of piperidine rings is 1.